The Hall–Kier alpha value is 0. The summed E-state index contributed by atoms with van der Waals surface area (Å²) in [5, 5.41) is 0. The summed E-state index contributed by atoms with van der Waals surface area (Å²) in [5.74, 6) is 10.3. The number of rotatable bonds is 3. The van der Waals surface area contributed by atoms with Crippen molar-refractivity contribution in [2.75, 3.05) is 0 Å². The lowest BCUT2D eigenvalue weighted by molar-refractivity contribution is -0.0969. The summed E-state index contributed by atoms with van der Waals surface area (Å²) in [6.07, 6.45) is 21.5. The summed E-state index contributed by atoms with van der Waals surface area (Å²) in [7, 11) is 0. The van der Waals surface area contributed by atoms with Gasteiger partial charge in [-0.15, -0.1) is 0 Å². The topological polar surface area (TPSA) is 0 Å². The molecule has 0 aromatic heterocycles. The average Bonchev–Trinajstić information content (AvgIpc) is 3.43. The molecule has 6 fully saturated rings. The van der Waals surface area contributed by atoms with Crippen molar-refractivity contribution < 1.29 is 0 Å². The molecule has 6 aliphatic carbocycles. The minimum Gasteiger partial charge on any atom is -0.0596 e. The largest absolute Gasteiger partial charge is 0.0596 e. The van der Waals surface area contributed by atoms with E-state index in [0.717, 1.165) is 59.2 Å². The molecule has 6 aliphatic rings. The zero-order valence-corrected chi connectivity index (χ0v) is 25.7. The lowest BCUT2D eigenvalue weighted by Crippen LogP contribution is -2.51. The molecule has 0 aliphatic heterocycles. The second-order valence-electron chi connectivity index (χ2n) is 18.4. The smallest absolute Gasteiger partial charge is 0.0323 e. The first-order valence-electron chi connectivity index (χ1n) is 16.8. The second kappa shape index (κ2) is 8.75. The quantitative estimate of drug-likeness (QED) is 0.366. The van der Waals surface area contributed by atoms with Crippen LogP contribution in [0, 0.1) is 80.8 Å². The van der Waals surface area contributed by atoms with Crippen LogP contribution in [0.25, 0.3) is 0 Å². The van der Waals surface area contributed by atoms with E-state index in [2.05, 4.69) is 55.4 Å². The fraction of sp³-hybridized carbons (Fsp3) is 1.00. The molecule has 0 saturated heterocycles. The lowest BCUT2D eigenvalue weighted by Gasteiger charge is -2.59. The van der Waals surface area contributed by atoms with E-state index in [0.29, 0.717) is 21.7 Å². The van der Waals surface area contributed by atoms with Crippen LogP contribution < -0.4 is 0 Å². The van der Waals surface area contributed by atoms with E-state index < -0.39 is 0 Å². The Morgan fingerprint density at radius 1 is 0.444 bits per heavy atom. The van der Waals surface area contributed by atoms with E-state index in [1.165, 1.54) is 38.5 Å². The molecule has 0 bridgehead atoms. The zero-order chi connectivity index (χ0) is 25.7. The summed E-state index contributed by atoms with van der Waals surface area (Å²) in [6.45, 7) is 21.3. The van der Waals surface area contributed by atoms with Crippen molar-refractivity contribution in [1.82, 2.24) is 0 Å². The Bertz CT molecular complexity index is 748. The monoisotopic (exact) mass is 494 g/mol. The van der Waals surface area contributed by atoms with Crippen molar-refractivity contribution in [2.45, 2.75) is 145 Å². The van der Waals surface area contributed by atoms with Crippen LogP contribution in [0.2, 0.25) is 0 Å². The number of hydrogen-bond donors (Lipinski definition) is 0. The molecule has 0 radical (unpaired) electrons. The summed E-state index contributed by atoms with van der Waals surface area (Å²) < 4.78 is 0. The third-order valence-electron chi connectivity index (χ3n) is 15.1. The minimum absolute atomic E-state index is 0.561. The van der Waals surface area contributed by atoms with Gasteiger partial charge in [0.1, 0.15) is 0 Å². The molecular formula is C36H62. The molecule has 0 nitrogen and oxygen atoms in total. The van der Waals surface area contributed by atoms with Crippen LogP contribution in [0.1, 0.15) is 145 Å². The van der Waals surface area contributed by atoms with Crippen LogP contribution >= 0.6 is 0 Å². The van der Waals surface area contributed by atoms with Gasteiger partial charge in [0, 0.05) is 0 Å². The van der Waals surface area contributed by atoms with Gasteiger partial charge in [0.2, 0.25) is 0 Å². The maximum Gasteiger partial charge on any atom is -0.0323 e. The lowest BCUT2D eigenvalue weighted by atomic mass is 9.46. The van der Waals surface area contributed by atoms with Crippen molar-refractivity contribution >= 4 is 0 Å². The molecule has 206 valence electrons. The second-order valence-corrected chi connectivity index (χ2v) is 18.4. The first-order valence-corrected chi connectivity index (χ1v) is 16.8. The number of fused-ring (bicyclic) bond motifs is 5. The molecule has 8 atom stereocenters. The van der Waals surface area contributed by atoms with Crippen LogP contribution in [0.3, 0.4) is 0 Å². The molecule has 8 unspecified atom stereocenters. The molecular weight excluding hydrogens is 432 g/mol. The molecule has 6 rings (SSSR count). The predicted molar refractivity (Wildman–Crippen MR) is 155 cm³/mol. The van der Waals surface area contributed by atoms with Crippen LogP contribution in [0.4, 0.5) is 0 Å². The van der Waals surface area contributed by atoms with Gasteiger partial charge < -0.3 is 0 Å². The fourth-order valence-corrected chi connectivity index (χ4v) is 12.5. The molecule has 0 heteroatoms. The van der Waals surface area contributed by atoms with Crippen LogP contribution in [0.5, 0.6) is 0 Å². The first kappa shape index (κ1) is 26.2. The normalized spacial score (nSPS) is 48.5. The Kier molecular flexibility index (Phi) is 6.38. The standard InChI is InChI=1S/C36H62/c1-33(2)15-17-35(5,6)31-21-27-25(19-29(31)33)24(14-13-23-11-9-10-12-23)26-20-30-32(22-28(26)27)36(7,8)18-16-34(30,3)4/h23-32H,9-22H2,1-8H3. The van der Waals surface area contributed by atoms with E-state index in [1.54, 1.807) is 51.4 Å². The minimum atomic E-state index is 0.561. The van der Waals surface area contributed by atoms with E-state index in [9.17, 15) is 0 Å². The fourth-order valence-electron chi connectivity index (χ4n) is 12.5. The van der Waals surface area contributed by atoms with Crippen molar-refractivity contribution in [1.29, 1.82) is 0 Å². The van der Waals surface area contributed by atoms with Crippen molar-refractivity contribution in [3.63, 3.8) is 0 Å². The Morgan fingerprint density at radius 2 is 0.778 bits per heavy atom. The predicted octanol–water partition coefficient (Wildman–Crippen LogP) is 10.8. The summed E-state index contributed by atoms with van der Waals surface area (Å²) in [4.78, 5) is 0. The highest BCUT2D eigenvalue weighted by Crippen LogP contribution is 2.70. The van der Waals surface area contributed by atoms with Gasteiger partial charge in [-0.25, -0.2) is 0 Å². The summed E-state index contributed by atoms with van der Waals surface area (Å²) in [6, 6.07) is 0. The van der Waals surface area contributed by atoms with Gasteiger partial charge in [-0.2, -0.15) is 0 Å². The van der Waals surface area contributed by atoms with Gasteiger partial charge in [-0.1, -0.05) is 87.5 Å². The molecule has 0 N–H and O–H groups in total. The highest BCUT2D eigenvalue weighted by Gasteiger charge is 2.63. The first-order chi connectivity index (χ1) is 16.8. The highest BCUT2D eigenvalue weighted by atomic mass is 14.7. The third-order valence-corrected chi connectivity index (χ3v) is 15.1. The Morgan fingerprint density at radius 3 is 1.14 bits per heavy atom. The van der Waals surface area contributed by atoms with Gasteiger partial charge in [0.05, 0.1) is 0 Å². The van der Waals surface area contributed by atoms with Gasteiger partial charge >= 0.3 is 0 Å². The molecule has 0 aromatic rings. The van der Waals surface area contributed by atoms with Gasteiger partial charge in [0.15, 0.2) is 0 Å². The zero-order valence-electron chi connectivity index (χ0n) is 25.7. The maximum atomic E-state index is 2.66. The van der Waals surface area contributed by atoms with Crippen molar-refractivity contribution in [2.24, 2.45) is 80.8 Å². The van der Waals surface area contributed by atoms with Crippen LogP contribution in [0.15, 0.2) is 0 Å². The van der Waals surface area contributed by atoms with Crippen molar-refractivity contribution in [3.05, 3.63) is 0 Å². The molecule has 0 heterocycles. The average molecular weight is 495 g/mol. The number of hydrogen-bond acceptors (Lipinski definition) is 0. The van der Waals surface area contributed by atoms with E-state index in [1.807, 2.05) is 0 Å². The van der Waals surface area contributed by atoms with Gasteiger partial charge in [-0.05, 0) is 139 Å². The SMILES string of the molecule is CC1(C)CCC(C)(C)C2CC3C(CC21)C(CCC1CCCC1)C1CC2C(CC13)C(C)(C)CCC2(C)C. The summed E-state index contributed by atoms with van der Waals surface area (Å²) >= 11 is 0. The Labute approximate surface area is 225 Å². The summed E-state index contributed by atoms with van der Waals surface area (Å²) in [5.41, 5.74) is 2.25. The van der Waals surface area contributed by atoms with Crippen LogP contribution in [-0.2, 0) is 0 Å². The maximum absolute atomic E-state index is 2.66. The van der Waals surface area contributed by atoms with Gasteiger partial charge in [-0.3, -0.25) is 0 Å². The van der Waals surface area contributed by atoms with Crippen molar-refractivity contribution in [3.8, 4) is 0 Å². The van der Waals surface area contributed by atoms with E-state index in [-0.39, 0.29) is 0 Å². The molecule has 6 saturated carbocycles. The molecule has 0 amide bonds. The third kappa shape index (κ3) is 4.19. The Balaban J connectivity index is 1.33. The van der Waals surface area contributed by atoms with E-state index in [4.69, 9.17) is 0 Å². The molecule has 0 aromatic carbocycles. The molecule has 0 spiro atoms. The van der Waals surface area contributed by atoms with Gasteiger partial charge in [0.25, 0.3) is 0 Å². The molecule has 36 heavy (non-hydrogen) atoms. The van der Waals surface area contributed by atoms with Crippen LogP contribution in [-0.4, -0.2) is 0 Å². The highest BCUT2D eigenvalue weighted by molar-refractivity contribution is 5.11. The van der Waals surface area contributed by atoms with E-state index >= 15 is 0 Å².